The van der Waals surface area contributed by atoms with E-state index in [1.54, 1.807) is 12.1 Å². The zero-order valence-electron chi connectivity index (χ0n) is 29.1. The average molecular weight is 725 g/mol. The molecule has 1 fully saturated rings. The van der Waals surface area contributed by atoms with Gasteiger partial charge in [-0.05, 0) is 141 Å². The van der Waals surface area contributed by atoms with Gasteiger partial charge in [0.05, 0.1) is 13.2 Å². The van der Waals surface area contributed by atoms with E-state index in [1.165, 1.54) is 16.7 Å². The van der Waals surface area contributed by atoms with E-state index in [4.69, 9.17) is 21.1 Å². The molecule has 0 saturated heterocycles. The van der Waals surface area contributed by atoms with Crippen molar-refractivity contribution in [1.29, 1.82) is 0 Å². The van der Waals surface area contributed by atoms with Crippen LogP contribution in [0.4, 0.5) is 5.69 Å². The third kappa shape index (κ3) is 8.17. The first kappa shape index (κ1) is 36.7. The number of carbonyl (C=O) groups is 1. The molecule has 1 heterocycles. The van der Waals surface area contributed by atoms with Gasteiger partial charge in [0.2, 0.25) is 0 Å². The molecular weight excluding hydrogens is 675 g/mol. The first-order valence-electron chi connectivity index (χ1n) is 18.1. The Morgan fingerprint density at radius 2 is 1.90 bits per heavy atom. The topological polar surface area (TPSA) is 138 Å². The minimum absolute atomic E-state index is 0.148. The van der Waals surface area contributed by atoms with Gasteiger partial charge in [-0.2, -0.15) is 0 Å². The van der Waals surface area contributed by atoms with Crippen molar-refractivity contribution in [3.05, 3.63) is 82.1 Å². The minimum atomic E-state index is -4.03. The highest BCUT2D eigenvalue weighted by molar-refractivity contribution is 7.51. The number of nitrogens with zero attached hydrogens (tertiary/aromatic N) is 1. The van der Waals surface area contributed by atoms with Gasteiger partial charge >= 0.3 is 13.6 Å². The number of pyridine rings is 1. The summed E-state index contributed by atoms with van der Waals surface area (Å²) >= 11 is 6.26. The maximum absolute atomic E-state index is 12.9. The predicted octanol–water partition coefficient (Wildman–Crippen LogP) is 8.54. The molecule has 50 heavy (non-hydrogen) atoms. The predicted molar refractivity (Wildman–Crippen MR) is 196 cm³/mol. The lowest BCUT2D eigenvalue weighted by Crippen LogP contribution is -2.53. The maximum atomic E-state index is 12.9. The second-order valence-electron chi connectivity index (χ2n) is 15.0. The highest BCUT2D eigenvalue weighted by atomic mass is 35.5. The Morgan fingerprint density at radius 1 is 1.10 bits per heavy atom. The molecule has 3 aromatic rings. The van der Waals surface area contributed by atoms with Crippen LogP contribution in [0, 0.1) is 11.8 Å². The zero-order valence-corrected chi connectivity index (χ0v) is 30.7. The summed E-state index contributed by atoms with van der Waals surface area (Å²) in [6, 6.07) is 15.5. The van der Waals surface area contributed by atoms with Gasteiger partial charge < -0.3 is 29.7 Å². The van der Waals surface area contributed by atoms with Crippen molar-refractivity contribution in [2.24, 2.45) is 11.8 Å². The number of benzene rings is 2. The number of aromatic nitrogens is 1. The van der Waals surface area contributed by atoms with Gasteiger partial charge in [0.1, 0.15) is 17.0 Å². The number of ether oxygens (including phenoxy) is 2. The molecule has 1 aromatic heterocycles. The summed E-state index contributed by atoms with van der Waals surface area (Å²) in [5.41, 5.74) is 4.31. The summed E-state index contributed by atoms with van der Waals surface area (Å²) in [4.78, 5) is 36.0. The number of fused-ring (bicyclic) bond motifs is 3. The molecule has 2 aromatic carbocycles. The van der Waals surface area contributed by atoms with E-state index in [0.29, 0.717) is 74.3 Å². The largest absolute Gasteiger partial charge is 0.494 e. The molecule has 9 nitrogen and oxygen atoms in total. The Balaban J connectivity index is 1.21. The summed E-state index contributed by atoms with van der Waals surface area (Å²) in [5.74, 6) is 1.85. The van der Waals surface area contributed by atoms with E-state index in [-0.39, 0.29) is 17.5 Å². The van der Waals surface area contributed by atoms with E-state index < -0.39 is 19.1 Å². The number of carboxylic acids is 1. The Hall–Kier alpha value is -3.10. The summed E-state index contributed by atoms with van der Waals surface area (Å²) < 4.78 is 23.9. The third-order valence-electron chi connectivity index (χ3n) is 11.4. The number of unbranched alkanes of at least 4 members (excludes halogenated alkanes) is 1. The van der Waals surface area contributed by atoms with Crippen LogP contribution in [-0.4, -0.2) is 50.8 Å². The van der Waals surface area contributed by atoms with Gasteiger partial charge in [-0.15, -0.1) is 0 Å². The average Bonchev–Trinajstić information content (AvgIpc) is 3.35. The maximum Gasteiger partial charge on any atom is 0.329 e. The summed E-state index contributed by atoms with van der Waals surface area (Å²) in [7, 11) is -4.03. The molecule has 0 amide bonds. The van der Waals surface area contributed by atoms with E-state index in [2.05, 4.69) is 36.3 Å². The van der Waals surface area contributed by atoms with Gasteiger partial charge in [0.15, 0.2) is 0 Å². The summed E-state index contributed by atoms with van der Waals surface area (Å²) in [6.07, 6.45) is 10.1. The number of hydrogen-bond donors (Lipinski definition) is 4. The monoisotopic (exact) mass is 724 g/mol. The van der Waals surface area contributed by atoms with Crippen LogP contribution in [0.5, 0.6) is 11.5 Å². The molecule has 3 aliphatic rings. The number of nitrogens with one attached hydrogen (secondary N) is 1. The fraction of sp³-hybridized carbons (Fsp3) is 0.538. The van der Waals surface area contributed by atoms with Crippen LogP contribution < -0.4 is 14.8 Å². The number of aryl methyl sites for hydroxylation is 1. The lowest BCUT2D eigenvalue weighted by atomic mass is 9.59. The van der Waals surface area contributed by atoms with Crippen LogP contribution in [0.1, 0.15) is 99.9 Å². The van der Waals surface area contributed by atoms with E-state index in [9.17, 15) is 24.3 Å². The van der Waals surface area contributed by atoms with Gasteiger partial charge in [0.25, 0.3) is 0 Å². The lowest BCUT2D eigenvalue weighted by Gasteiger charge is -2.47. The molecule has 0 unspecified atom stereocenters. The first-order chi connectivity index (χ1) is 23.9. The van der Waals surface area contributed by atoms with Gasteiger partial charge in [-0.3, -0.25) is 9.55 Å². The molecule has 3 atom stereocenters. The molecule has 270 valence electrons. The second kappa shape index (κ2) is 15.2. The van der Waals surface area contributed by atoms with Crippen molar-refractivity contribution in [2.45, 2.75) is 101 Å². The molecule has 0 aliphatic heterocycles. The van der Waals surface area contributed by atoms with Crippen LogP contribution in [0.25, 0.3) is 0 Å². The Kier molecular flexibility index (Phi) is 11.2. The number of aliphatic carboxylic acids is 1. The number of rotatable bonds is 14. The van der Waals surface area contributed by atoms with E-state index >= 15 is 0 Å². The van der Waals surface area contributed by atoms with Gasteiger partial charge in [-0.1, -0.05) is 37.6 Å². The SMILES string of the molecule is C[C@@H](COc1ccnc2c1[C@H](C)CCC2)C[C@H]1Cc2ccc(OCCCCP(=O)(O)O)cc2C12CCC(Nc1cccc(Cl)c1)(C(=O)O)CC2. The van der Waals surface area contributed by atoms with Crippen LogP contribution in [0.2, 0.25) is 5.02 Å². The second-order valence-corrected chi connectivity index (χ2v) is 17.2. The summed E-state index contributed by atoms with van der Waals surface area (Å²) in [6.45, 7) is 5.49. The molecule has 0 bridgehead atoms. The highest BCUT2D eigenvalue weighted by Gasteiger charge is 2.54. The molecular formula is C39H50ClN2O7P. The molecule has 11 heteroatoms. The first-order valence-corrected chi connectivity index (χ1v) is 20.2. The normalized spacial score (nSPS) is 25.1. The van der Waals surface area contributed by atoms with Crippen molar-refractivity contribution in [1.82, 2.24) is 4.98 Å². The standard InChI is InChI=1S/C39H50ClN2O7P/c1-26(25-49-35-13-18-41-34-10-5-7-27(2)36(34)35)21-29-22-28-11-12-32(48-19-3-4-20-50(45,46)47)24-33(28)38(29)14-16-39(17-15-38,37(43)44)42-31-9-6-8-30(40)23-31/h6,8-9,11-13,18,23-24,26-27,29,42H,3-5,7,10,14-17,19-22,25H2,1-2H3,(H,43,44)(H2,45,46,47)/t26-,27-,29+,38?,39?/m1/s1. The minimum Gasteiger partial charge on any atom is -0.494 e. The smallest absolute Gasteiger partial charge is 0.329 e. The van der Waals surface area contributed by atoms with Gasteiger partial charge in [-0.25, -0.2) is 4.79 Å². The molecule has 3 aliphatic carbocycles. The zero-order chi connectivity index (χ0) is 35.5. The fourth-order valence-corrected chi connectivity index (χ4v) is 9.60. The van der Waals surface area contributed by atoms with E-state index in [1.807, 2.05) is 30.5 Å². The Morgan fingerprint density at radius 3 is 2.64 bits per heavy atom. The fourth-order valence-electron chi connectivity index (χ4n) is 8.78. The Labute approximate surface area is 300 Å². The molecule has 1 saturated carbocycles. The van der Waals surface area contributed by atoms with Gasteiger partial charge in [0, 0.05) is 34.3 Å². The van der Waals surface area contributed by atoms with Crippen molar-refractivity contribution < 1.29 is 33.7 Å². The van der Waals surface area contributed by atoms with Crippen molar-refractivity contribution >= 4 is 30.9 Å². The van der Waals surface area contributed by atoms with Crippen molar-refractivity contribution in [2.75, 3.05) is 24.7 Å². The van der Waals surface area contributed by atoms with E-state index in [0.717, 1.165) is 49.3 Å². The quantitative estimate of drug-likeness (QED) is 0.0952. The third-order valence-corrected chi connectivity index (χ3v) is 12.5. The number of hydrogen-bond acceptors (Lipinski definition) is 6. The van der Waals surface area contributed by atoms with Crippen molar-refractivity contribution in [3.8, 4) is 11.5 Å². The highest BCUT2D eigenvalue weighted by Crippen LogP contribution is 2.57. The molecule has 0 radical (unpaired) electrons. The molecule has 1 spiro atoms. The molecule has 4 N–H and O–H groups in total. The number of anilines is 1. The molecule has 6 rings (SSSR count). The van der Waals surface area contributed by atoms with Crippen LogP contribution in [0.15, 0.2) is 54.7 Å². The number of halogens is 1. The van der Waals surface area contributed by atoms with Crippen molar-refractivity contribution in [3.63, 3.8) is 0 Å². The van der Waals surface area contributed by atoms with Crippen LogP contribution in [0.3, 0.4) is 0 Å². The van der Waals surface area contributed by atoms with Crippen LogP contribution in [-0.2, 0) is 27.6 Å². The lowest BCUT2D eigenvalue weighted by molar-refractivity contribution is -0.144. The summed E-state index contributed by atoms with van der Waals surface area (Å²) in [5, 5.41) is 14.5. The Bertz CT molecular complexity index is 1720. The number of carboxylic acid groups (broad SMARTS) is 1. The van der Waals surface area contributed by atoms with Crippen LogP contribution >= 0.6 is 19.2 Å².